The van der Waals surface area contributed by atoms with Crippen molar-refractivity contribution in [3.63, 3.8) is 0 Å². The summed E-state index contributed by atoms with van der Waals surface area (Å²) >= 11 is 0. The molecule has 3 aromatic rings. The highest BCUT2D eigenvalue weighted by Gasteiger charge is 2.02. The van der Waals surface area contributed by atoms with Gasteiger partial charge in [-0.3, -0.25) is 4.98 Å². The van der Waals surface area contributed by atoms with Crippen molar-refractivity contribution in [2.45, 2.75) is 19.8 Å². The van der Waals surface area contributed by atoms with Gasteiger partial charge in [-0.25, -0.2) is 0 Å². The second-order valence-electron chi connectivity index (χ2n) is 5.23. The molecule has 1 aromatic heterocycles. The van der Waals surface area contributed by atoms with E-state index in [1.54, 1.807) is 0 Å². The van der Waals surface area contributed by atoms with Gasteiger partial charge in [0.05, 0.1) is 5.52 Å². The lowest BCUT2D eigenvalue weighted by molar-refractivity contribution is 1.02. The van der Waals surface area contributed by atoms with Crippen molar-refractivity contribution in [3.05, 3.63) is 71.9 Å². The molecule has 0 aliphatic rings. The maximum atomic E-state index is 4.44. The van der Waals surface area contributed by atoms with Crippen LogP contribution in [-0.2, 0) is 12.8 Å². The molecule has 0 bridgehead atoms. The number of hydrogen-bond donors (Lipinski definition) is 1. The molecule has 0 unspecified atom stereocenters. The van der Waals surface area contributed by atoms with Gasteiger partial charge in [0.25, 0.3) is 0 Å². The minimum absolute atomic E-state index is 0.930. The van der Waals surface area contributed by atoms with Crippen LogP contribution in [0.1, 0.15) is 18.1 Å². The predicted octanol–water partition coefficient (Wildman–Crippen LogP) is 4.45. The molecule has 0 atom stereocenters. The van der Waals surface area contributed by atoms with Gasteiger partial charge in [-0.15, -0.1) is 0 Å². The minimum Gasteiger partial charge on any atom is -0.384 e. The van der Waals surface area contributed by atoms with E-state index in [4.69, 9.17) is 0 Å². The van der Waals surface area contributed by atoms with Crippen molar-refractivity contribution in [3.8, 4) is 0 Å². The Labute approximate surface area is 125 Å². The Kier molecular flexibility index (Phi) is 4.15. The van der Waals surface area contributed by atoms with Crippen LogP contribution in [0, 0.1) is 0 Å². The first-order valence-corrected chi connectivity index (χ1v) is 7.52. The van der Waals surface area contributed by atoms with Gasteiger partial charge >= 0.3 is 0 Å². The molecule has 0 aliphatic carbocycles. The van der Waals surface area contributed by atoms with E-state index in [1.165, 1.54) is 22.2 Å². The molecule has 1 heterocycles. The number of hydrogen-bond acceptors (Lipinski definition) is 2. The molecule has 3 rings (SSSR count). The summed E-state index contributed by atoms with van der Waals surface area (Å²) in [5.74, 6) is 0. The van der Waals surface area contributed by atoms with E-state index in [1.807, 2.05) is 6.20 Å². The van der Waals surface area contributed by atoms with Gasteiger partial charge in [0.2, 0.25) is 0 Å². The zero-order chi connectivity index (χ0) is 14.5. The topological polar surface area (TPSA) is 24.9 Å². The molecule has 0 spiro atoms. The van der Waals surface area contributed by atoms with Crippen LogP contribution < -0.4 is 5.32 Å². The Balaban J connectivity index is 1.77. The standard InChI is InChI=1S/C19H20N2/c1-2-15-8-9-18-17(14-15)19(11-13-21-18)20-12-10-16-6-4-3-5-7-16/h3-9,11,13-14H,2,10,12H2,1H3,(H,20,21). The van der Waals surface area contributed by atoms with E-state index >= 15 is 0 Å². The van der Waals surface area contributed by atoms with Crippen LogP contribution in [-0.4, -0.2) is 11.5 Å². The van der Waals surface area contributed by atoms with E-state index in [0.717, 1.165) is 24.9 Å². The molecule has 2 aromatic carbocycles. The maximum Gasteiger partial charge on any atom is 0.0722 e. The van der Waals surface area contributed by atoms with Crippen LogP contribution in [0.25, 0.3) is 10.9 Å². The van der Waals surface area contributed by atoms with Crippen molar-refractivity contribution in [1.29, 1.82) is 0 Å². The predicted molar refractivity (Wildman–Crippen MR) is 89.8 cm³/mol. The summed E-state index contributed by atoms with van der Waals surface area (Å²) in [5, 5.41) is 4.76. The monoisotopic (exact) mass is 276 g/mol. The number of benzene rings is 2. The Bertz CT molecular complexity index is 720. The van der Waals surface area contributed by atoms with Crippen molar-refractivity contribution in [2.75, 3.05) is 11.9 Å². The number of pyridine rings is 1. The second kappa shape index (κ2) is 6.40. The third kappa shape index (κ3) is 3.22. The highest BCUT2D eigenvalue weighted by molar-refractivity contribution is 5.91. The van der Waals surface area contributed by atoms with Gasteiger partial charge in [-0.1, -0.05) is 43.3 Å². The fourth-order valence-corrected chi connectivity index (χ4v) is 2.55. The summed E-state index contributed by atoms with van der Waals surface area (Å²) in [4.78, 5) is 4.44. The summed E-state index contributed by atoms with van der Waals surface area (Å²) in [6, 6.07) is 19.1. The summed E-state index contributed by atoms with van der Waals surface area (Å²) in [6.45, 7) is 3.11. The molecule has 2 heteroatoms. The van der Waals surface area contributed by atoms with Gasteiger partial charge < -0.3 is 5.32 Å². The Morgan fingerprint density at radius 3 is 2.62 bits per heavy atom. The Morgan fingerprint density at radius 2 is 1.81 bits per heavy atom. The lowest BCUT2D eigenvalue weighted by atomic mass is 10.1. The molecule has 1 N–H and O–H groups in total. The first kappa shape index (κ1) is 13.6. The number of anilines is 1. The average Bonchev–Trinajstić information content (AvgIpc) is 2.55. The normalized spacial score (nSPS) is 10.7. The second-order valence-corrected chi connectivity index (χ2v) is 5.23. The number of aromatic nitrogens is 1. The minimum atomic E-state index is 0.930. The Morgan fingerprint density at radius 1 is 0.952 bits per heavy atom. The third-order valence-electron chi connectivity index (χ3n) is 3.79. The van der Waals surface area contributed by atoms with Gasteiger partial charge in [-0.2, -0.15) is 0 Å². The first-order chi connectivity index (χ1) is 10.4. The third-order valence-corrected chi connectivity index (χ3v) is 3.79. The molecule has 0 amide bonds. The number of aryl methyl sites for hydroxylation is 1. The van der Waals surface area contributed by atoms with Gasteiger partial charge in [-0.05, 0) is 42.2 Å². The molecule has 0 radical (unpaired) electrons. The fourth-order valence-electron chi connectivity index (χ4n) is 2.55. The van der Waals surface area contributed by atoms with Crippen LogP contribution >= 0.6 is 0 Å². The number of nitrogens with one attached hydrogen (secondary N) is 1. The highest BCUT2D eigenvalue weighted by Crippen LogP contribution is 2.23. The van der Waals surface area contributed by atoms with Gasteiger partial charge in [0.1, 0.15) is 0 Å². The van der Waals surface area contributed by atoms with E-state index < -0.39 is 0 Å². The molecule has 0 saturated carbocycles. The molecule has 0 saturated heterocycles. The summed E-state index contributed by atoms with van der Waals surface area (Å²) in [7, 11) is 0. The van der Waals surface area contributed by atoms with Crippen molar-refractivity contribution in [2.24, 2.45) is 0 Å². The molecule has 0 aliphatic heterocycles. The van der Waals surface area contributed by atoms with Crippen molar-refractivity contribution in [1.82, 2.24) is 4.98 Å². The van der Waals surface area contributed by atoms with Gasteiger partial charge in [0.15, 0.2) is 0 Å². The number of nitrogens with zero attached hydrogens (tertiary/aromatic N) is 1. The zero-order valence-electron chi connectivity index (χ0n) is 12.3. The molecular formula is C19H20N2. The zero-order valence-corrected chi connectivity index (χ0v) is 12.3. The quantitative estimate of drug-likeness (QED) is 0.744. The van der Waals surface area contributed by atoms with Crippen molar-refractivity contribution >= 4 is 16.6 Å². The van der Waals surface area contributed by atoms with Gasteiger partial charge in [0, 0.05) is 23.8 Å². The molecule has 106 valence electrons. The summed E-state index contributed by atoms with van der Waals surface area (Å²) in [5.41, 5.74) is 4.93. The largest absolute Gasteiger partial charge is 0.384 e. The van der Waals surface area contributed by atoms with Crippen LogP contribution in [0.3, 0.4) is 0 Å². The van der Waals surface area contributed by atoms with Crippen LogP contribution in [0.5, 0.6) is 0 Å². The molecular weight excluding hydrogens is 256 g/mol. The van der Waals surface area contributed by atoms with E-state index in [-0.39, 0.29) is 0 Å². The van der Waals surface area contributed by atoms with Crippen LogP contribution in [0.4, 0.5) is 5.69 Å². The summed E-state index contributed by atoms with van der Waals surface area (Å²) in [6.07, 6.45) is 3.95. The fraction of sp³-hybridized carbons (Fsp3) is 0.211. The molecule has 2 nitrogen and oxygen atoms in total. The SMILES string of the molecule is CCc1ccc2nccc(NCCc3ccccc3)c2c1. The molecule has 21 heavy (non-hydrogen) atoms. The Hall–Kier alpha value is -2.35. The van der Waals surface area contributed by atoms with E-state index in [0.29, 0.717) is 0 Å². The maximum absolute atomic E-state index is 4.44. The summed E-state index contributed by atoms with van der Waals surface area (Å²) < 4.78 is 0. The highest BCUT2D eigenvalue weighted by atomic mass is 14.9. The van der Waals surface area contributed by atoms with E-state index in [9.17, 15) is 0 Å². The first-order valence-electron chi connectivity index (χ1n) is 7.52. The van der Waals surface area contributed by atoms with Crippen LogP contribution in [0.2, 0.25) is 0 Å². The lowest BCUT2D eigenvalue weighted by Gasteiger charge is -2.10. The van der Waals surface area contributed by atoms with Crippen molar-refractivity contribution < 1.29 is 0 Å². The van der Waals surface area contributed by atoms with Crippen LogP contribution in [0.15, 0.2) is 60.8 Å². The molecule has 0 fully saturated rings. The number of rotatable bonds is 5. The smallest absolute Gasteiger partial charge is 0.0722 e. The average molecular weight is 276 g/mol. The number of fused-ring (bicyclic) bond motifs is 1. The lowest BCUT2D eigenvalue weighted by Crippen LogP contribution is -2.05. The van der Waals surface area contributed by atoms with E-state index in [2.05, 4.69) is 71.8 Å².